The topological polar surface area (TPSA) is 35.2 Å². The molecule has 0 radical (unpaired) electrons. The van der Waals surface area contributed by atoms with Crippen LogP contribution in [-0.4, -0.2) is 18.8 Å². The van der Waals surface area contributed by atoms with Crippen LogP contribution >= 0.6 is 0 Å². The van der Waals surface area contributed by atoms with Crippen molar-refractivity contribution < 1.29 is 13.5 Å². The van der Waals surface area contributed by atoms with Crippen molar-refractivity contribution >= 4 is 0 Å². The van der Waals surface area contributed by atoms with Crippen molar-refractivity contribution in [3.8, 4) is 0 Å². The van der Waals surface area contributed by atoms with Crippen molar-refractivity contribution in [3.05, 3.63) is 35.4 Å². The fourth-order valence-corrected chi connectivity index (χ4v) is 2.48. The van der Waals surface area contributed by atoms with Gasteiger partial charge in [0.15, 0.2) is 0 Å². The third-order valence-corrected chi connectivity index (χ3v) is 3.05. The molecule has 4 heteroatoms. The third-order valence-electron chi connectivity index (χ3n) is 3.05. The summed E-state index contributed by atoms with van der Waals surface area (Å²) in [5.74, 6) is -0.818. The maximum atomic E-state index is 13.8. The normalized spacial score (nSPS) is 18.9. The van der Waals surface area contributed by atoms with Crippen LogP contribution < -0.4 is 5.73 Å². The van der Waals surface area contributed by atoms with Crippen molar-refractivity contribution in [2.45, 2.75) is 31.2 Å². The Kier molecular flexibility index (Phi) is 2.96. The van der Waals surface area contributed by atoms with Crippen LogP contribution in [0.2, 0.25) is 0 Å². The van der Waals surface area contributed by atoms with Crippen LogP contribution in [0.4, 0.5) is 8.78 Å². The summed E-state index contributed by atoms with van der Waals surface area (Å²) >= 11 is 0. The zero-order valence-electron chi connectivity index (χ0n) is 10.1. The Balaban J connectivity index is 2.38. The van der Waals surface area contributed by atoms with Gasteiger partial charge < -0.3 is 10.5 Å². The molecule has 0 amide bonds. The zero-order valence-corrected chi connectivity index (χ0v) is 10.1. The quantitative estimate of drug-likeness (QED) is 0.881. The minimum atomic E-state index is -0.482. The molecule has 1 saturated heterocycles. The number of ether oxygens (including phenoxy) is 1. The molecule has 0 spiro atoms. The summed E-state index contributed by atoms with van der Waals surface area (Å²) < 4.78 is 32.2. The summed E-state index contributed by atoms with van der Waals surface area (Å²) in [6.07, 6.45) is 0.570. The van der Waals surface area contributed by atoms with Gasteiger partial charge in [-0.25, -0.2) is 8.78 Å². The van der Waals surface area contributed by atoms with Gasteiger partial charge in [-0.05, 0) is 38.5 Å². The van der Waals surface area contributed by atoms with E-state index < -0.39 is 16.8 Å². The number of nitrogens with two attached hydrogens (primary N) is 1. The second-order valence-corrected chi connectivity index (χ2v) is 5.56. The number of halogens is 2. The summed E-state index contributed by atoms with van der Waals surface area (Å²) in [7, 11) is 0. The van der Waals surface area contributed by atoms with E-state index in [2.05, 4.69) is 0 Å². The summed E-state index contributed by atoms with van der Waals surface area (Å²) in [5.41, 5.74) is 5.44. The van der Waals surface area contributed by atoms with Crippen molar-refractivity contribution in [2.24, 2.45) is 5.73 Å². The van der Waals surface area contributed by atoms with Gasteiger partial charge in [-0.15, -0.1) is 0 Å². The molecule has 1 aromatic carbocycles. The van der Waals surface area contributed by atoms with Crippen LogP contribution in [0, 0.1) is 11.6 Å². The summed E-state index contributed by atoms with van der Waals surface area (Å²) in [5, 5.41) is 0. The highest BCUT2D eigenvalue weighted by atomic mass is 19.1. The fourth-order valence-electron chi connectivity index (χ4n) is 2.48. The predicted molar refractivity (Wildman–Crippen MR) is 61.7 cm³/mol. The van der Waals surface area contributed by atoms with Crippen LogP contribution in [0.3, 0.4) is 0 Å². The van der Waals surface area contributed by atoms with Crippen LogP contribution in [0.1, 0.15) is 25.8 Å². The van der Waals surface area contributed by atoms with Crippen molar-refractivity contribution in [1.82, 2.24) is 0 Å². The van der Waals surface area contributed by atoms with Gasteiger partial charge in [0, 0.05) is 16.5 Å². The van der Waals surface area contributed by atoms with Gasteiger partial charge in [0.1, 0.15) is 11.6 Å². The molecule has 17 heavy (non-hydrogen) atoms. The van der Waals surface area contributed by atoms with E-state index in [4.69, 9.17) is 10.5 Å². The van der Waals surface area contributed by atoms with Crippen molar-refractivity contribution in [3.63, 3.8) is 0 Å². The van der Waals surface area contributed by atoms with Gasteiger partial charge in [0.25, 0.3) is 0 Å². The number of benzene rings is 1. The fraction of sp³-hybridized carbons (Fsp3) is 0.538. The van der Waals surface area contributed by atoms with Gasteiger partial charge in [0.05, 0.1) is 13.2 Å². The molecule has 0 aliphatic carbocycles. The van der Waals surface area contributed by atoms with Gasteiger partial charge in [-0.1, -0.05) is 0 Å². The smallest absolute Gasteiger partial charge is 0.127 e. The van der Waals surface area contributed by atoms with Crippen molar-refractivity contribution in [2.75, 3.05) is 13.2 Å². The van der Waals surface area contributed by atoms with E-state index in [0.29, 0.717) is 25.2 Å². The largest absolute Gasteiger partial charge is 0.379 e. The van der Waals surface area contributed by atoms with Gasteiger partial charge in [-0.2, -0.15) is 0 Å². The minimum absolute atomic E-state index is 0.377. The van der Waals surface area contributed by atoms with Gasteiger partial charge in [-0.3, -0.25) is 0 Å². The summed E-state index contributed by atoms with van der Waals surface area (Å²) in [6, 6.07) is 3.54. The first-order valence-corrected chi connectivity index (χ1v) is 5.65. The first-order valence-electron chi connectivity index (χ1n) is 5.65. The molecule has 0 aromatic heterocycles. The summed E-state index contributed by atoms with van der Waals surface area (Å²) in [4.78, 5) is 0. The molecule has 0 unspecified atom stereocenters. The highest BCUT2D eigenvalue weighted by Crippen LogP contribution is 2.40. The molecule has 0 saturated carbocycles. The Morgan fingerprint density at radius 3 is 2.47 bits per heavy atom. The second-order valence-electron chi connectivity index (χ2n) is 5.56. The van der Waals surface area contributed by atoms with E-state index in [1.807, 2.05) is 13.8 Å². The number of rotatable bonds is 3. The standard InChI is InChI=1S/C13H17F2NO/c1-12(2,16)6-13(7-17-8-13)10-5-9(14)3-4-11(10)15/h3-5H,6-8,16H2,1-2H3. The molecule has 2 nitrogen and oxygen atoms in total. The Bertz CT molecular complexity index is 422. The third kappa shape index (κ3) is 2.48. The molecule has 0 bridgehead atoms. The number of hydrogen-bond donors (Lipinski definition) is 1. The molecular weight excluding hydrogens is 224 g/mol. The molecule has 1 aromatic rings. The first kappa shape index (κ1) is 12.5. The Morgan fingerprint density at radius 1 is 1.35 bits per heavy atom. The maximum Gasteiger partial charge on any atom is 0.127 e. The first-order chi connectivity index (χ1) is 7.82. The predicted octanol–water partition coefficient (Wildman–Crippen LogP) is 2.36. The van der Waals surface area contributed by atoms with E-state index >= 15 is 0 Å². The molecule has 1 heterocycles. The van der Waals surface area contributed by atoms with Crippen molar-refractivity contribution in [1.29, 1.82) is 0 Å². The van der Waals surface area contributed by atoms with E-state index in [-0.39, 0.29) is 5.82 Å². The van der Waals surface area contributed by atoms with Gasteiger partial charge in [0.2, 0.25) is 0 Å². The van der Waals surface area contributed by atoms with Crippen LogP contribution in [-0.2, 0) is 10.2 Å². The van der Waals surface area contributed by atoms with Crippen LogP contribution in [0.15, 0.2) is 18.2 Å². The Labute approximate surface area is 99.8 Å². The molecule has 1 fully saturated rings. The van der Waals surface area contributed by atoms with Crippen LogP contribution in [0.25, 0.3) is 0 Å². The van der Waals surface area contributed by atoms with E-state index in [0.717, 1.165) is 12.1 Å². The van der Waals surface area contributed by atoms with E-state index in [1.54, 1.807) is 0 Å². The zero-order chi connectivity index (χ0) is 12.7. The highest BCUT2D eigenvalue weighted by molar-refractivity contribution is 5.31. The lowest BCUT2D eigenvalue weighted by Gasteiger charge is -2.45. The average Bonchev–Trinajstić information content (AvgIpc) is 2.14. The lowest BCUT2D eigenvalue weighted by Crippen LogP contribution is -2.53. The monoisotopic (exact) mass is 241 g/mol. The molecule has 1 aliphatic heterocycles. The lowest BCUT2D eigenvalue weighted by molar-refractivity contribution is -0.0735. The van der Waals surface area contributed by atoms with Crippen LogP contribution in [0.5, 0.6) is 0 Å². The maximum absolute atomic E-state index is 13.8. The number of hydrogen-bond acceptors (Lipinski definition) is 2. The van der Waals surface area contributed by atoms with Gasteiger partial charge >= 0.3 is 0 Å². The van der Waals surface area contributed by atoms with E-state index in [1.165, 1.54) is 6.07 Å². The molecular formula is C13H17F2NO. The molecule has 0 atom stereocenters. The second kappa shape index (κ2) is 4.03. The Hall–Kier alpha value is -1.00. The SMILES string of the molecule is CC(C)(N)CC1(c2cc(F)ccc2F)COC1. The molecule has 2 N–H and O–H groups in total. The lowest BCUT2D eigenvalue weighted by atomic mass is 9.70. The molecule has 94 valence electrons. The molecule has 2 rings (SSSR count). The minimum Gasteiger partial charge on any atom is -0.379 e. The highest BCUT2D eigenvalue weighted by Gasteiger charge is 2.45. The summed E-state index contributed by atoms with van der Waals surface area (Å²) in [6.45, 7) is 4.55. The van der Waals surface area contributed by atoms with E-state index in [9.17, 15) is 8.78 Å². The Morgan fingerprint density at radius 2 is 2.00 bits per heavy atom. The molecule has 1 aliphatic rings. The average molecular weight is 241 g/mol.